The molecule has 4 saturated carbocycles. The molecule has 0 saturated heterocycles. The van der Waals surface area contributed by atoms with Crippen molar-refractivity contribution in [2.75, 3.05) is 6.26 Å². The van der Waals surface area contributed by atoms with Crippen molar-refractivity contribution in [1.82, 2.24) is 0 Å². The molecule has 0 aromatic carbocycles. The summed E-state index contributed by atoms with van der Waals surface area (Å²) in [5.41, 5.74) is 0.379. The summed E-state index contributed by atoms with van der Waals surface area (Å²) in [6.07, 6.45) is 31.1. The topological polar surface area (TPSA) is 12.4 Å². The highest BCUT2D eigenvalue weighted by atomic mass is 127. The zero-order valence-corrected chi connectivity index (χ0v) is 23.3. The SMILES string of the molecule is CCCCCCCCCCCCCCCC(=NC12CC3CC(CC(C3)C1)C2)SC.I. The normalized spacial score (nSPS) is 29.9. The van der Waals surface area contributed by atoms with Gasteiger partial charge in [-0.3, -0.25) is 4.99 Å². The van der Waals surface area contributed by atoms with Crippen LogP contribution in [0, 0.1) is 17.8 Å². The summed E-state index contributed by atoms with van der Waals surface area (Å²) in [7, 11) is 0. The van der Waals surface area contributed by atoms with Crippen molar-refractivity contribution in [2.24, 2.45) is 22.7 Å². The first kappa shape index (κ1) is 27.0. The molecular weight excluding hydrogens is 497 g/mol. The van der Waals surface area contributed by atoms with Crippen molar-refractivity contribution >= 4 is 40.8 Å². The van der Waals surface area contributed by atoms with Crippen LogP contribution in [-0.2, 0) is 0 Å². The van der Waals surface area contributed by atoms with E-state index in [1.807, 2.05) is 11.8 Å². The summed E-state index contributed by atoms with van der Waals surface area (Å²) < 4.78 is 0. The molecular formula is C27H50INS. The highest BCUT2D eigenvalue weighted by Gasteiger charge is 2.51. The second kappa shape index (κ2) is 14.8. The third-order valence-electron chi connectivity index (χ3n) is 8.10. The number of hydrogen-bond donors (Lipinski definition) is 0. The zero-order chi connectivity index (χ0) is 20.4. The van der Waals surface area contributed by atoms with E-state index >= 15 is 0 Å². The Balaban J connectivity index is 0.00000320. The van der Waals surface area contributed by atoms with Crippen LogP contribution in [0.4, 0.5) is 0 Å². The van der Waals surface area contributed by atoms with E-state index < -0.39 is 0 Å². The van der Waals surface area contributed by atoms with Crippen LogP contribution in [0.25, 0.3) is 0 Å². The molecule has 4 bridgehead atoms. The molecule has 4 rings (SSSR count). The standard InChI is InChI=1S/C27H49NS.HI/c1-3-4-5-6-7-8-9-10-11-12-13-14-15-16-26(29-2)28-27-20-23-17-24(21-27)19-25(18-23)22-27;/h23-25H,3-22H2,1-2H3;1H. The molecule has 0 spiro atoms. The second-order valence-corrected chi connectivity index (χ2v) is 11.7. The van der Waals surface area contributed by atoms with Crippen LogP contribution >= 0.6 is 35.7 Å². The first-order valence-corrected chi connectivity index (χ1v) is 14.6. The predicted octanol–water partition coefficient (Wildman–Crippen LogP) is 9.82. The van der Waals surface area contributed by atoms with Gasteiger partial charge in [0.2, 0.25) is 0 Å². The molecule has 0 N–H and O–H groups in total. The van der Waals surface area contributed by atoms with Crippen LogP contribution in [0.2, 0.25) is 0 Å². The van der Waals surface area contributed by atoms with Gasteiger partial charge in [-0.15, -0.1) is 35.7 Å². The highest BCUT2D eigenvalue weighted by Crippen LogP contribution is 2.57. The Labute approximate surface area is 209 Å². The van der Waals surface area contributed by atoms with Crippen LogP contribution in [-0.4, -0.2) is 16.8 Å². The summed E-state index contributed by atoms with van der Waals surface area (Å²) in [5.74, 6) is 3.05. The van der Waals surface area contributed by atoms with Crippen LogP contribution < -0.4 is 0 Å². The molecule has 0 aromatic heterocycles. The molecule has 0 aromatic rings. The zero-order valence-electron chi connectivity index (χ0n) is 20.1. The second-order valence-electron chi connectivity index (χ2n) is 10.8. The van der Waals surface area contributed by atoms with E-state index in [0.717, 1.165) is 17.8 Å². The number of hydrogen-bond acceptors (Lipinski definition) is 2. The summed E-state index contributed by atoms with van der Waals surface area (Å²) in [5, 5.41) is 1.48. The van der Waals surface area contributed by atoms with E-state index in [1.54, 1.807) is 0 Å². The number of aliphatic imine (C=N–C) groups is 1. The maximum atomic E-state index is 5.46. The van der Waals surface area contributed by atoms with E-state index in [4.69, 9.17) is 4.99 Å². The lowest BCUT2D eigenvalue weighted by atomic mass is 9.53. The lowest BCUT2D eigenvalue weighted by molar-refractivity contribution is 0.00175. The molecule has 0 amide bonds. The van der Waals surface area contributed by atoms with Gasteiger partial charge in [0.05, 0.1) is 10.6 Å². The number of unbranched alkanes of at least 4 members (excludes halogenated alkanes) is 12. The summed E-state index contributed by atoms with van der Waals surface area (Å²) in [4.78, 5) is 5.46. The molecule has 0 atom stereocenters. The van der Waals surface area contributed by atoms with Crippen molar-refractivity contribution in [3.63, 3.8) is 0 Å². The Morgan fingerprint density at radius 1 is 0.700 bits per heavy atom. The number of thioether (sulfide) groups is 1. The van der Waals surface area contributed by atoms with Gasteiger partial charge in [-0.2, -0.15) is 0 Å². The number of rotatable bonds is 15. The lowest BCUT2D eigenvalue weighted by Crippen LogP contribution is -2.49. The summed E-state index contributed by atoms with van der Waals surface area (Å²) in [6, 6.07) is 0. The Hall–Kier alpha value is 0.750. The largest absolute Gasteiger partial charge is 0.276 e. The Morgan fingerprint density at radius 3 is 1.50 bits per heavy atom. The van der Waals surface area contributed by atoms with E-state index in [1.165, 1.54) is 133 Å². The first-order valence-electron chi connectivity index (χ1n) is 13.4. The summed E-state index contributed by atoms with van der Waals surface area (Å²) >= 11 is 1.95. The maximum Gasteiger partial charge on any atom is 0.0680 e. The minimum atomic E-state index is 0. The molecule has 3 heteroatoms. The fourth-order valence-electron chi connectivity index (χ4n) is 6.96. The fraction of sp³-hybridized carbons (Fsp3) is 0.963. The average Bonchev–Trinajstić information content (AvgIpc) is 2.69. The van der Waals surface area contributed by atoms with Crippen LogP contribution in [0.1, 0.15) is 135 Å². The molecule has 4 aliphatic rings. The lowest BCUT2D eigenvalue weighted by Gasteiger charge is -2.55. The van der Waals surface area contributed by atoms with Crippen molar-refractivity contribution in [3.05, 3.63) is 0 Å². The van der Waals surface area contributed by atoms with E-state index in [2.05, 4.69) is 13.2 Å². The Bertz CT molecular complexity index is 454. The van der Waals surface area contributed by atoms with E-state index in [-0.39, 0.29) is 24.0 Å². The van der Waals surface area contributed by atoms with Crippen LogP contribution in [0.15, 0.2) is 4.99 Å². The third-order valence-corrected chi connectivity index (χ3v) is 8.86. The minimum Gasteiger partial charge on any atom is -0.276 e. The molecule has 0 unspecified atom stereocenters. The van der Waals surface area contributed by atoms with E-state index in [0.29, 0.717) is 5.54 Å². The van der Waals surface area contributed by atoms with Crippen molar-refractivity contribution in [1.29, 1.82) is 0 Å². The molecule has 1 nitrogen and oxygen atoms in total. The Morgan fingerprint density at radius 2 is 1.10 bits per heavy atom. The third kappa shape index (κ3) is 8.94. The van der Waals surface area contributed by atoms with E-state index in [9.17, 15) is 0 Å². The monoisotopic (exact) mass is 547 g/mol. The van der Waals surface area contributed by atoms with Gasteiger partial charge in [-0.1, -0.05) is 84.0 Å². The maximum absolute atomic E-state index is 5.46. The Kier molecular flexibility index (Phi) is 13.3. The van der Waals surface area contributed by atoms with Gasteiger partial charge in [0.25, 0.3) is 0 Å². The fourth-order valence-corrected chi connectivity index (χ4v) is 7.60. The molecule has 4 aliphatic carbocycles. The number of halogens is 1. The first-order chi connectivity index (χ1) is 14.2. The van der Waals surface area contributed by atoms with Gasteiger partial charge in [0.15, 0.2) is 0 Å². The highest BCUT2D eigenvalue weighted by molar-refractivity contribution is 14.0. The molecule has 0 aliphatic heterocycles. The molecule has 0 radical (unpaired) electrons. The molecule has 4 fully saturated rings. The number of nitrogens with zero attached hydrogens (tertiary/aromatic N) is 1. The van der Waals surface area contributed by atoms with Gasteiger partial charge in [-0.05, 0) is 75.4 Å². The van der Waals surface area contributed by atoms with Gasteiger partial charge in [-0.25, -0.2) is 0 Å². The van der Waals surface area contributed by atoms with Gasteiger partial charge < -0.3 is 0 Å². The van der Waals surface area contributed by atoms with Gasteiger partial charge in [0, 0.05) is 0 Å². The van der Waals surface area contributed by atoms with Crippen LogP contribution in [0.5, 0.6) is 0 Å². The minimum absolute atomic E-state index is 0. The molecule has 30 heavy (non-hydrogen) atoms. The van der Waals surface area contributed by atoms with Gasteiger partial charge >= 0.3 is 0 Å². The average molecular weight is 548 g/mol. The summed E-state index contributed by atoms with van der Waals surface area (Å²) in [6.45, 7) is 2.30. The smallest absolute Gasteiger partial charge is 0.0680 e. The van der Waals surface area contributed by atoms with Crippen molar-refractivity contribution in [2.45, 2.75) is 141 Å². The van der Waals surface area contributed by atoms with Crippen molar-refractivity contribution in [3.8, 4) is 0 Å². The predicted molar refractivity (Wildman–Crippen MR) is 148 cm³/mol. The van der Waals surface area contributed by atoms with Crippen LogP contribution in [0.3, 0.4) is 0 Å². The molecule has 0 heterocycles. The van der Waals surface area contributed by atoms with Crippen molar-refractivity contribution < 1.29 is 0 Å². The molecule has 176 valence electrons. The quantitative estimate of drug-likeness (QED) is 0.0860. The van der Waals surface area contributed by atoms with Gasteiger partial charge in [0.1, 0.15) is 0 Å².